The van der Waals surface area contributed by atoms with Gasteiger partial charge in [0.1, 0.15) is 0 Å². The average Bonchev–Trinajstić information content (AvgIpc) is 2.58. The number of hydrogen-bond donors (Lipinski definition) is 3. The quantitative estimate of drug-likeness (QED) is 0.421. The molecule has 1 saturated heterocycles. The van der Waals surface area contributed by atoms with Crippen molar-refractivity contribution in [2.75, 3.05) is 38.5 Å². The summed E-state index contributed by atoms with van der Waals surface area (Å²) in [5.74, 6) is -0.607. The third-order valence-corrected chi connectivity index (χ3v) is 5.39. The van der Waals surface area contributed by atoms with Gasteiger partial charge in [0.2, 0.25) is 21.8 Å². The lowest BCUT2D eigenvalue weighted by Crippen LogP contribution is -2.52. The molecule has 0 aromatic heterocycles. The second-order valence-corrected chi connectivity index (χ2v) is 8.57. The van der Waals surface area contributed by atoms with Crippen molar-refractivity contribution in [1.82, 2.24) is 14.9 Å². The van der Waals surface area contributed by atoms with E-state index in [1.54, 1.807) is 4.90 Å². The minimum Gasteiger partial charge on any atom is -0.378 e. The molecule has 1 unspecified atom stereocenters. The van der Waals surface area contributed by atoms with Crippen LogP contribution < -0.4 is 15.8 Å². The summed E-state index contributed by atoms with van der Waals surface area (Å²) in [6, 6.07) is -0.119. The van der Waals surface area contributed by atoms with Crippen molar-refractivity contribution >= 4 is 21.8 Å². The van der Waals surface area contributed by atoms with Gasteiger partial charge in [-0.05, 0) is 33.1 Å². The van der Waals surface area contributed by atoms with Crippen molar-refractivity contribution in [3.05, 3.63) is 0 Å². The maximum atomic E-state index is 12.4. The van der Waals surface area contributed by atoms with Gasteiger partial charge in [0.25, 0.3) is 0 Å². The molecule has 1 rings (SSSR count). The Labute approximate surface area is 156 Å². The smallest absolute Gasteiger partial charge is 0.237 e. The first-order valence-corrected chi connectivity index (χ1v) is 10.8. The molecule has 1 aliphatic rings. The summed E-state index contributed by atoms with van der Waals surface area (Å²) in [7, 11) is -3.57. The number of carbonyl (C=O) groups excluding carboxylic acids is 2. The predicted octanol–water partition coefficient (Wildman–Crippen LogP) is -0.823. The van der Waals surface area contributed by atoms with E-state index in [9.17, 15) is 18.0 Å². The van der Waals surface area contributed by atoms with Gasteiger partial charge in [-0.15, -0.1) is 0 Å². The van der Waals surface area contributed by atoms with Gasteiger partial charge in [0, 0.05) is 32.1 Å². The van der Waals surface area contributed by atoms with Gasteiger partial charge in [0.15, 0.2) is 0 Å². The van der Waals surface area contributed by atoms with Gasteiger partial charge in [-0.2, -0.15) is 0 Å². The zero-order chi connectivity index (χ0) is 19.6. The SMILES string of the molecule is CC(C)OCCS(=O)(=O)NCC(=O)N1CCCCC1CNC(=O)CCN. The number of carbonyl (C=O) groups is 2. The van der Waals surface area contributed by atoms with Crippen molar-refractivity contribution in [2.24, 2.45) is 5.73 Å². The van der Waals surface area contributed by atoms with Crippen LogP contribution in [-0.2, 0) is 24.3 Å². The molecule has 0 saturated carbocycles. The summed E-state index contributed by atoms with van der Waals surface area (Å²) >= 11 is 0. The molecule has 1 aliphatic heterocycles. The molecule has 0 bridgehead atoms. The fourth-order valence-electron chi connectivity index (χ4n) is 2.73. The van der Waals surface area contributed by atoms with Crippen LogP contribution in [0.5, 0.6) is 0 Å². The van der Waals surface area contributed by atoms with Gasteiger partial charge in [0.05, 0.1) is 25.0 Å². The Morgan fingerprint density at radius 2 is 2.04 bits per heavy atom. The summed E-state index contributed by atoms with van der Waals surface area (Å²) in [4.78, 5) is 25.7. The van der Waals surface area contributed by atoms with Crippen LogP contribution in [0.1, 0.15) is 39.5 Å². The Balaban J connectivity index is 2.48. The molecular formula is C16H32N4O5S. The second kappa shape index (κ2) is 11.5. The summed E-state index contributed by atoms with van der Waals surface area (Å²) < 4.78 is 31.4. The summed E-state index contributed by atoms with van der Waals surface area (Å²) in [6.07, 6.45) is 2.83. The highest BCUT2D eigenvalue weighted by Crippen LogP contribution is 2.16. The molecule has 0 radical (unpaired) electrons. The van der Waals surface area contributed by atoms with Gasteiger partial charge in [-0.25, -0.2) is 13.1 Å². The highest BCUT2D eigenvalue weighted by molar-refractivity contribution is 7.89. The molecule has 26 heavy (non-hydrogen) atoms. The Bertz CT molecular complexity index is 553. The number of amides is 2. The highest BCUT2D eigenvalue weighted by atomic mass is 32.2. The van der Waals surface area contributed by atoms with Crippen LogP contribution in [0, 0.1) is 0 Å². The molecule has 0 aromatic carbocycles. The van der Waals surface area contributed by atoms with E-state index in [0.29, 0.717) is 13.1 Å². The number of likely N-dealkylation sites (tertiary alicyclic amines) is 1. The minimum atomic E-state index is -3.57. The number of nitrogens with one attached hydrogen (secondary N) is 2. The van der Waals surface area contributed by atoms with Crippen molar-refractivity contribution in [3.63, 3.8) is 0 Å². The molecule has 0 spiro atoms. The molecule has 10 heteroatoms. The number of piperidine rings is 1. The topological polar surface area (TPSA) is 131 Å². The first kappa shape index (κ1) is 22.8. The number of sulfonamides is 1. The largest absolute Gasteiger partial charge is 0.378 e. The minimum absolute atomic E-state index is 0.0459. The molecule has 2 amide bonds. The molecule has 4 N–H and O–H groups in total. The van der Waals surface area contributed by atoms with E-state index < -0.39 is 10.0 Å². The third-order valence-electron chi connectivity index (χ3n) is 4.10. The van der Waals surface area contributed by atoms with Crippen molar-refractivity contribution in [3.8, 4) is 0 Å². The van der Waals surface area contributed by atoms with Crippen LogP contribution in [0.3, 0.4) is 0 Å². The molecule has 1 atom stereocenters. The van der Waals surface area contributed by atoms with Crippen LogP contribution in [0.2, 0.25) is 0 Å². The summed E-state index contributed by atoms with van der Waals surface area (Å²) in [5.41, 5.74) is 5.35. The summed E-state index contributed by atoms with van der Waals surface area (Å²) in [6.45, 7) is 4.66. The Kier molecular flexibility index (Phi) is 10.1. The van der Waals surface area contributed by atoms with Crippen molar-refractivity contribution in [2.45, 2.75) is 51.7 Å². The first-order chi connectivity index (χ1) is 12.2. The van der Waals surface area contributed by atoms with Gasteiger partial charge in [-0.3, -0.25) is 9.59 Å². The zero-order valence-electron chi connectivity index (χ0n) is 15.7. The molecule has 1 heterocycles. The predicted molar refractivity (Wildman–Crippen MR) is 98.9 cm³/mol. The molecule has 0 aliphatic carbocycles. The number of rotatable bonds is 11. The lowest BCUT2D eigenvalue weighted by atomic mass is 10.0. The summed E-state index contributed by atoms with van der Waals surface area (Å²) in [5, 5.41) is 2.78. The van der Waals surface area contributed by atoms with Crippen LogP contribution in [0.15, 0.2) is 0 Å². The second-order valence-electron chi connectivity index (χ2n) is 6.64. The Morgan fingerprint density at radius 3 is 2.69 bits per heavy atom. The van der Waals surface area contributed by atoms with E-state index in [1.807, 2.05) is 13.8 Å². The lowest BCUT2D eigenvalue weighted by Gasteiger charge is -2.36. The van der Waals surface area contributed by atoms with Gasteiger partial charge < -0.3 is 20.7 Å². The van der Waals surface area contributed by atoms with E-state index >= 15 is 0 Å². The maximum Gasteiger partial charge on any atom is 0.237 e. The standard InChI is InChI=1S/C16H32N4O5S/c1-13(2)25-9-10-26(23,24)19-12-16(22)20-8-4-3-5-14(20)11-18-15(21)6-7-17/h13-14,19H,3-12,17H2,1-2H3,(H,18,21). The highest BCUT2D eigenvalue weighted by Gasteiger charge is 2.27. The molecule has 0 aromatic rings. The number of ether oxygens (including phenoxy) is 1. The lowest BCUT2D eigenvalue weighted by molar-refractivity contribution is -0.134. The normalized spacial score (nSPS) is 18.2. The fourth-order valence-corrected chi connectivity index (χ4v) is 3.53. The van der Waals surface area contributed by atoms with Crippen LogP contribution in [0.25, 0.3) is 0 Å². The van der Waals surface area contributed by atoms with Gasteiger partial charge >= 0.3 is 0 Å². The van der Waals surface area contributed by atoms with Crippen molar-refractivity contribution in [1.29, 1.82) is 0 Å². The molecule has 9 nitrogen and oxygen atoms in total. The maximum absolute atomic E-state index is 12.4. The average molecular weight is 393 g/mol. The number of nitrogens with two attached hydrogens (primary N) is 1. The Morgan fingerprint density at radius 1 is 1.31 bits per heavy atom. The van der Waals surface area contributed by atoms with Crippen LogP contribution in [0.4, 0.5) is 0 Å². The van der Waals surface area contributed by atoms with E-state index in [4.69, 9.17) is 10.5 Å². The molecular weight excluding hydrogens is 360 g/mol. The van der Waals surface area contributed by atoms with Crippen LogP contribution in [-0.4, -0.2) is 75.8 Å². The fraction of sp³-hybridized carbons (Fsp3) is 0.875. The monoisotopic (exact) mass is 392 g/mol. The first-order valence-electron chi connectivity index (χ1n) is 9.10. The van der Waals surface area contributed by atoms with Gasteiger partial charge in [-0.1, -0.05) is 0 Å². The van der Waals surface area contributed by atoms with Crippen LogP contribution >= 0.6 is 0 Å². The molecule has 152 valence electrons. The Hall–Kier alpha value is -1.23. The number of nitrogens with zero attached hydrogens (tertiary/aromatic N) is 1. The number of hydrogen-bond acceptors (Lipinski definition) is 6. The zero-order valence-corrected chi connectivity index (χ0v) is 16.5. The van der Waals surface area contributed by atoms with E-state index in [1.165, 1.54) is 0 Å². The molecule has 1 fully saturated rings. The van der Waals surface area contributed by atoms with E-state index in [-0.39, 0.29) is 55.8 Å². The van der Waals surface area contributed by atoms with Crippen molar-refractivity contribution < 1.29 is 22.7 Å². The van der Waals surface area contributed by atoms with E-state index in [2.05, 4.69) is 10.0 Å². The third kappa shape index (κ3) is 8.93. The van der Waals surface area contributed by atoms with E-state index in [0.717, 1.165) is 19.3 Å².